The Morgan fingerprint density at radius 2 is 1.71 bits per heavy atom. The molecule has 3 fully saturated rings. The molecule has 0 spiro atoms. The van der Waals surface area contributed by atoms with Gasteiger partial charge in [0, 0.05) is 63.4 Å². The average Bonchev–Trinajstić information content (AvgIpc) is 3.18. The fourth-order valence-corrected chi connectivity index (χ4v) is 9.32. The molecule has 0 radical (unpaired) electrons. The third-order valence-electron chi connectivity index (χ3n) is 12.7. The molecular weight excluding hydrogens is 722 g/mol. The molecule has 56 heavy (non-hydrogen) atoms. The zero-order chi connectivity index (χ0) is 41.3. The summed E-state index contributed by atoms with van der Waals surface area (Å²) in [6.45, 7) is 10.9. The Balaban J connectivity index is 1.76. The second-order valence-electron chi connectivity index (χ2n) is 17.1. The maximum atomic E-state index is 14.2. The number of ketones is 2. The molecule has 1 saturated carbocycles. The van der Waals surface area contributed by atoms with Crippen LogP contribution in [0.3, 0.4) is 0 Å². The van der Waals surface area contributed by atoms with Crippen LogP contribution in [0.1, 0.15) is 105 Å². The molecule has 3 aliphatic heterocycles. The van der Waals surface area contributed by atoms with Gasteiger partial charge in [-0.05, 0) is 95.5 Å². The second kappa shape index (κ2) is 20.8. The normalized spacial score (nSPS) is 40.1. The number of hydrogen-bond donors (Lipinski definition) is 5. The molecule has 0 aromatic rings. The summed E-state index contributed by atoms with van der Waals surface area (Å²) in [5.41, 5.74) is 1.55. The number of esters is 1. The van der Waals surface area contributed by atoms with E-state index >= 15 is 0 Å². The van der Waals surface area contributed by atoms with Crippen molar-refractivity contribution >= 4 is 23.4 Å². The van der Waals surface area contributed by atoms with Crippen molar-refractivity contribution < 1.29 is 58.9 Å². The standard InChI is InChI=1S/C43H67NO12/c1-7-10-30-18-25(2)17-26(3)19-37(54-6)39-31(23-45)14-15-43(53,56-39)40(50)41(51)44-16-9-8-11-33(44)42(52)55-38(28(5)35(48)22-36(30)49)27(4)20-29-12-13-34(47)32(21-29)24-46/h7,18,20,26,28-35,37-39,45-48,53H,1,8-17,19,21-24H2,2-6H3/b25-18+,27-20+/t26-,28+,29-,30+,31+,32-,33?,34+,35-,37-,38+,39-,43+/m0/s1. The van der Waals surface area contributed by atoms with Gasteiger partial charge >= 0.3 is 5.97 Å². The predicted octanol–water partition coefficient (Wildman–Crippen LogP) is 3.58. The van der Waals surface area contributed by atoms with Crippen molar-refractivity contribution in [1.82, 2.24) is 4.90 Å². The number of aliphatic hydroxyl groups excluding tert-OH is 4. The van der Waals surface area contributed by atoms with Gasteiger partial charge in [-0.15, -0.1) is 6.58 Å². The molecule has 0 aromatic heterocycles. The van der Waals surface area contributed by atoms with Gasteiger partial charge in [-0.2, -0.15) is 0 Å². The molecule has 13 atom stereocenters. The highest BCUT2D eigenvalue weighted by molar-refractivity contribution is 6.39. The number of ether oxygens (including phenoxy) is 3. The summed E-state index contributed by atoms with van der Waals surface area (Å²) in [5.74, 6) is -7.93. The number of nitrogens with zero attached hydrogens (tertiary/aromatic N) is 1. The van der Waals surface area contributed by atoms with E-state index < -0.39 is 77.8 Å². The summed E-state index contributed by atoms with van der Waals surface area (Å²) < 4.78 is 18.2. The van der Waals surface area contributed by atoms with E-state index in [9.17, 15) is 44.7 Å². The van der Waals surface area contributed by atoms with Gasteiger partial charge in [0.2, 0.25) is 5.79 Å². The summed E-state index contributed by atoms with van der Waals surface area (Å²) in [6.07, 6.45) is 5.12. The predicted molar refractivity (Wildman–Crippen MR) is 208 cm³/mol. The van der Waals surface area contributed by atoms with E-state index in [0.29, 0.717) is 56.9 Å². The Labute approximate surface area is 332 Å². The highest BCUT2D eigenvalue weighted by atomic mass is 16.6. The molecule has 0 aromatic carbocycles. The lowest BCUT2D eigenvalue weighted by molar-refractivity contribution is -0.274. The van der Waals surface area contributed by atoms with Crippen LogP contribution in [0.5, 0.6) is 0 Å². The zero-order valence-corrected chi connectivity index (χ0v) is 34.0. The first-order chi connectivity index (χ1) is 26.6. The Kier molecular flexibility index (Phi) is 17.0. The monoisotopic (exact) mass is 789 g/mol. The molecule has 1 amide bonds. The lowest BCUT2D eigenvalue weighted by Gasteiger charge is -2.44. The number of carbonyl (C=O) groups is 4. The lowest BCUT2D eigenvalue weighted by Crippen LogP contribution is -2.60. The number of methoxy groups -OCH3 is 1. The summed E-state index contributed by atoms with van der Waals surface area (Å²) in [7, 11) is 1.49. The number of piperidine rings is 1. The fraction of sp³-hybridized carbons (Fsp3) is 0.767. The molecule has 4 aliphatic rings. The summed E-state index contributed by atoms with van der Waals surface area (Å²) in [5, 5.41) is 53.9. The van der Waals surface area contributed by atoms with Crippen LogP contribution in [0.2, 0.25) is 0 Å². The molecule has 4 rings (SSSR count). The number of hydrogen-bond acceptors (Lipinski definition) is 12. The number of aliphatic hydroxyl groups is 5. The van der Waals surface area contributed by atoms with E-state index in [4.69, 9.17) is 14.2 Å². The van der Waals surface area contributed by atoms with Gasteiger partial charge in [-0.3, -0.25) is 14.4 Å². The minimum absolute atomic E-state index is 0.0152. The molecule has 13 nitrogen and oxygen atoms in total. The number of Topliss-reactive ketones (excluding diaryl/α,β-unsaturated/α-hetero) is 2. The van der Waals surface area contributed by atoms with E-state index in [1.54, 1.807) is 19.9 Å². The minimum atomic E-state index is -2.51. The van der Waals surface area contributed by atoms with Gasteiger partial charge < -0.3 is 44.6 Å². The molecule has 2 bridgehead atoms. The Morgan fingerprint density at radius 1 is 1.00 bits per heavy atom. The Hall–Kier alpha value is -2.78. The molecular formula is C43H67NO12. The van der Waals surface area contributed by atoms with Crippen molar-refractivity contribution in [2.45, 2.75) is 147 Å². The molecule has 3 heterocycles. The summed E-state index contributed by atoms with van der Waals surface area (Å²) >= 11 is 0. The first kappa shape index (κ1) is 45.9. The van der Waals surface area contributed by atoms with Crippen molar-refractivity contribution in [3.05, 3.63) is 36.0 Å². The van der Waals surface area contributed by atoms with Crippen molar-refractivity contribution in [2.24, 2.45) is 35.5 Å². The van der Waals surface area contributed by atoms with Crippen molar-refractivity contribution in [1.29, 1.82) is 0 Å². The molecule has 2 saturated heterocycles. The third kappa shape index (κ3) is 11.2. The fourth-order valence-electron chi connectivity index (χ4n) is 9.32. The lowest BCUT2D eigenvalue weighted by atomic mass is 9.78. The van der Waals surface area contributed by atoms with Gasteiger partial charge in [0.1, 0.15) is 17.9 Å². The van der Waals surface area contributed by atoms with Gasteiger partial charge in [-0.1, -0.05) is 37.6 Å². The zero-order valence-electron chi connectivity index (χ0n) is 34.0. The average molecular weight is 790 g/mol. The van der Waals surface area contributed by atoms with Crippen LogP contribution in [-0.2, 0) is 33.4 Å². The molecule has 1 aliphatic carbocycles. The van der Waals surface area contributed by atoms with Crippen LogP contribution in [0.15, 0.2) is 36.0 Å². The van der Waals surface area contributed by atoms with Crippen molar-refractivity contribution in [3.63, 3.8) is 0 Å². The third-order valence-corrected chi connectivity index (χ3v) is 12.7. The van der Waals surface area contributed by atoms with Crippen LogP contribution in [0.4, 0.5) is 0 Å². The quantitative estimate of drug-likeness (QED) is 0.143. The summed E-state index contributed by atoms with van der Waals surface area (Å²) in [6, 6.07) is -1.16. The number of fused-ring (bicyclic) bond motifs is 3. The number of rotatable bonds is 7. The van der Waals surface area contributed by atoms with E-state index in [2.05, 4.69) is 6.58 Å². The molecule has 1 unspecified atom stereocenters. The highest BCUT2D eigenvalue weighted by Crippen LogP contribution is 2.38. The van der Waals surface area contributed by atoms with Crippen LogP contribution in [0.25, 0.3) is 0 Å². The van der Waals surface area contributed by atoms with Crippen LogP contribution in [-0.4, -0.2) is 123 Å². The van der Waals surface area contributed by atoms with Gasteiger partial charge in [-0.25, -0.2) is 4.79 Å². The van der Waals surface area contributed by atoms with E-state index in [-0.39, 0.29) is 69.0 Å². The molecule has 5 N–H and O–H groups in total. The topological polar surface area (TPSA) is 200 Å². The smallest absolute Gasteiger partial charge is 0.329 e. The second-order valence-corrected chi connectivity index (χ2v) is 17.1. The summed E-state index contributed by atoms with van der Waals surface area (Å²) in [4.78, 5) is 57.2. The van der Waals surface area contributed by atoms with E-state index in [0.717, 1.165) is 10.5 Å². The van der Waals surface area contributed by atoms with E-state index in [1.807, 2.05) is 26.0 Å². The van der Waals surface area contributed by atoms with E-state index in [1.165, 1.54) is 7.11 Å². The van der Waals surface area contributed by atoms with Crippen LogP contribution in [0, 0.1) is 35.5 Å². The number of allylic oxidation sites excluding steroid dienone is 4. The van der Waals surface area contributed by atoms with Crippen molar-refractivity contribution in [2.75, 3.05) is 26.9 Å². The minimum Gasteiger partial charge on any atom is -0.456 e. The van der Waals surface area contributed by atoms with Crippen LogP contribution >= 0.6 is 0 Å². The number of amides is 1. The van der Waals surface area contributed by atoms with Gasteiger partial charge in [0.15, 0.2) is 0 Å². The number of carbonyl (C=O) groups excluding carboxylic acids is 4. The maximum absolute atomic E-state index is 14.2. The van der Waals surface area contributed by atoms with Crippen LogP contribution < -0.4 is 0 Å². The Bertz CT molecular complexity index is 1450. The largest absolute Gasteiger partial charge is 0.456 e. The molecule has 316 valence electrons. The maximum Gasteiger partial charge on any atom is 0.329 e. The first-order valence-electron chi connectivity index (χ1n) is 20.6. The SMILES string of the molecule is C=CC[C@@H]1/C=C(\C)C[C@H](C)C[C@H](OC)[C@H]2O[C@](O)(CC[C@@H]2CO)C(=O)C(=O)N2CCCCC2C(=O)O[C@H](/C(C)=C/[C@@H]2CC[C@@H](O)[C@H](CO)C2)[C@H](C)[C@@H](O)CC1=O. The van der Waals surface area contributed by atoms with Gasteiger partial charge in [0.05, 0.1) is 24.4 Å². The first-order valence-corrected chi connectivity index (χ1v) is 20.6. The van der Waals surface area contributed by atoms with Crippen molar-refractivity contribution in [3.8, 4) is 0 Å². The molecule has 13 heteroatoms. The highest BCUT2D eigenvalue weighted by Gasteiger charge is 2.52. The van der Waals surface area contributed by atoms with Gasteiger partial charge in [0.25, 0.3) is 11.7 Å². The number of cyclic esters (lactones) is 1. The Morgan fingerprint density at radius 3 is 2.38 bits per heavy atom.